The van der Waals surface area contributed by atoms with Gasteiger partial charge in [0.05, 0.1) is 12.2 Å². The summed E-state index contributed by atoms with van der Waals surface area (Å²) in [6.07, 6.45) is -4.03. The van der Waals surface area contributed by atoms with Crippen LogP contribution in [0.5, 0.6) is 5.88 Å². The van der Waals surface area contributed by atoms with Crippen LogP contribution in [0.25, 0.3) is 0 Å². The summed E-state index contributed by atoms with van der Waals surface area (Å²) < 4.78 is 103. The van der Waals surface area contributed by atoms with E-state index in [0.717, 1.165) is 23.1 Å². The van der Waals surface area contributed by atoms with E-state index >= 15 is 8.78 Å². The van der Waals surface area contributed by atoms with E-state index in [4.69, 9.17) is 0 Å². The molecule has 15 heteroatoms. The maximum absolute atomic E-state index is 16.1. The van der Waals surface area contributed by atoms with Gasteiger partial charge in [0.2, 0.25) is 5.88 Å². The summed E-state index contributed by atoms with van der Waals surface area (Å²) in [7, 11) is 0. The molecule has 2 bridgehead atoms. The molecule has 3 saturated carbocycles. The fourth-order valence-electron chi connectivity index (χ4n) is 5.33. The van der Waals surface area contributed by atoms with Gasteiger partial charge < -0.3 is 9.84 Å². The van der Waals surface area contributed by atoms with Crippen LogP contribution in [0.15, 0.2) is 36.7 Å². The Morgan fingerprint density at radius 1 is 1.00 bits per heavy atom. The maximum atomic E-state index is 16.1. The van der Waals surface area contributed by atoms with Gasteiger partial charge in [0.15, 0.2) is 12.2 Å². The number of rotatable bonds is 8. The van der Waals surface area contributed by atoms with Crippen LogP contribution in [0.3, 0.4) is 0 Å². The number of nitrogens with zero attached hydrogens (tertiary/aromatic N) is 6. The lowest BCUT2D eigenvalue weighted by Crippen LogP contribution is -2.76. The molecule has 1 atom stereocenters. The predicted molar refractivity (Wildman–Crippen MR) is 105 cm³/mol. The number of alkyl halides is 5. The quantitative estimate of drug-likeness (QED) is 0.457. The predicted octanol–water partition coefficient (Wildman–Crippen LogP) is 3.33. The van der Waals surface area contributed by atoms with E-state index in [-0.39, 0.29) is 30.8 Å². The zero-order valence-electron chi connectivity index (χ0n) is 18.2. The molecule has 36 heavy (non-hydrogen) atoms. The van der Waals surface area contributed by atoms with E-state index in [0.29, 0.717) is 6.07 Å². The van der Waals surface area contributed by atoms with Gasteiger partial charge in [-0.05, 0) is 47.9 Å². The van der Waals surface area contributed by atoms with E-state index < -0.39 is 58.9 Å². The molecule has 3 aliphatic carbocycles. The van der Waals surface area contributed by atoms with Crippen LogP contribution < -0.4 is 4.74 Å². The topological polar surface area (TPSA) is 98.8 Å². The molecule has 1 unspecified atom stereocenters. The monoisotopic (exact) mass is 518 g/mol. The lowest BCUT2D eigenvalue weighted by molar-refractivity contribution is -0.348. The van der Waals surface area contributed by atoms with Crippen molar-refractivity contribution in [1.82, 2.24) is 30.4 Å². The normalized spacial score (nSPS) is 25.0. The highest BCUT2D eigenvalue weighted by molar-refractivity contribution is 5.40. The highest BCUT2D eigenvalue weighted by atomic mass is 19.4. The highest BCUT2D eigenvalue weighted by Gasteiger charge is 2.82. The lowest BCUT2D eigenvalue weighted by atomic mass is 9.31. The molecule has 3 aliphatic rings. The van der Waals surface area contributed by atoms with Crippen LogP contribution in [0, 0.1) is 17.0 Å². The molecule has 0 amide bonds. The third kappa shape index (κ3) is 3.67. The zero-order valence-corrected chi connectivity index (χ0v) is 18.2. The zero-order chi connectivity index (χ0) is 26.0. The second kappa shape index (κ2) is 7.82. The molecule has 3 fully saturated rings. The molecule has 0 spiro atoms. The number of aromatic nitrogens is 6. The Morgan fingerprint density at radius 2 is 1.72 bits per heavy atom. The number of tetrazole rings is 1. The van der Waals surface area contributed by atoms with Gasteiger partial charge in [-0.1, -0.05) is 0 Å². The summed E-state index contributed by atoms with van der Waals surface area (Å²) >= 11 is 0. The molecule has 0 radical (unpaired) electrons. The molecule has 2 heterocycles. The van der Waals surface area contributed by atoms with E-state index in [1.807, 2.05) is 0 Å². The Kier molecular flexibility index (Phi) is 5.29. The van der Waals surface area contributed by atoms with Gasteiger partial charge in [-0.25, -0.2) is 22.2 Å². The van der Waals surface area contributed by atoms with Gasteiger partial charge in [0.1, 0.15) is 18.0 Å². The minimum Gasteiger partial charge on any atom is -0.467 e. The third-order valence-corrected chi connectivity index (χ3v) is 6.94. The van der Waals surface area contributed by atoms with Crippen molar-refractivity contribution in [3.8, 4) is 5.88 Å². The number of aliphatic hydroxyl groups is 1. The second-order valence-electron chi connectivity index (χ2n) is 9.32. The lowest BCUT2D eigenvalue weighted by Gasteiger charge is -2.73. The summed E-state index contributed by atoms with van der Waals surface area (Å²) in [5.74, 6) is -6.65. The van der Waals surface area contributed by atoms with E-state index in [1.54, 1.807) is 0 Å². The molecule has 0 saturated heterocycles. The molecule has 8 nitrogen and oxygen atoms in total. The first-order valence-electron chi connectivity index (χ1n) is 10.6. The van der Waals surface area contributed by atoms with Crippen molar-refractivity contribution in [3.05, 3.63) is 59.6 Å². The number of benzene rings is 1. The molecule has 6 rings (SSSR count). The summed E-state index contributed by atoms with van der Waals surface area (Å²) in [6.45, 7) is -2.46. The molecule has 3 aromatic rings. The first-order chi connectivity index (χ1) is 16.8. The van der Waals surface area contributed by atoms with Gasteiger partial charge in [-0.2, -0.15) is 18.3 Å². The average Bonchev–Trinajstić information content (AvgIpc) is 3.23. The van der Waals surface area contributed by atoms with Crippen LogP contribution in [-0.2, 0) is 17.6 Å². The van der Waals surface area contributed by atoms with Crippen molar-refractivity contribution in [2.45, 2.75) is 48.9 Å². The standard InChI is InChI=1S/C21H17F7N6O2/c22-12-1-2-13(14(23)5-12)19(35,9-34-11-29-32-33-34)21(27,28)18-6-17(7-18,8-18)15-3-4-16(31-30-15)36-10-20(24,25)26/h1-5,11,35H,6-10H2. The van der Waals surface area contributed by atoms with E-state index in [1.165, 1.54) is 12.1 Å². The van der Waals surface area contributed by atoms with E-state index in [2.05, 4.69) is 30.5 Å². The van der Waals surface area contributed by atoms with Crippen LogP contribution in [0.4, 0.5) is 30.7 Å². The van der Waals surface area contributed by atoms with Gasteiger partial charge in [0, 0.05) is 28.5 Å². The Labute approximate surface area is 198 Å². The van der Waals surface area contributed by atoms with Crippen LogP contribution >= 0.6 is 0 Å². The Hall–Kier alpha value is -3.36. The Balaban J connectivity index is 1.39. The smallest absolute Gasteiger partial charge is 0.422 e. The minimum atomic E-state index is -4.56. The molecule has 1 N–H and O–H groups in total. The Bertz CT molecular complexity index is 1250. The van der Waals surface area contributed by atoms with Gasteiger partial charge in [0.25, 0.3) is 5.92 Å². The maximum Gasteiger partial charge on any atom is 0.422 e. The average molecular weight is 518 g/mol. The van der Waals surface area contributed by atoms with Crippen molar-refractivity contribution < 1.29 is 40.6 Å². The minimum absolute atomic E-state index is 0.148. The van der Waals surface area contributed by atoms with Crippen molar-refractivity contribution in [3.63, 3.8) is 0 Å². The first kappa shape index (κ1) is 24.3. The number of hydrogen-bond acceptors (Lipinski definition) is 7. The van der Waals surface area contributed by atoms with Crippen molar-refractivity contribution in [2.75, 3.05) is 6.61 Å². The molecule has 1 aromatic carbocycles. The SMILES string of the molecule is OC(Cn1cnnn1)(c1ccc(F)cc1F)C(F)(F)C12CC(c3ccc(OCC(F)(F)F)nn3)(C1)C2. The highest BCUT2D eigenvalue weighted by Crippen LogP contribution is 2.80. The fourth-order valence-corrected chi connectivity index (χ4v) is 5.33. The summed E-state index contributed by atoms with van der Waals surface area (Å²) in [5, 5.41) is 28.9. The number of halogens is 7. The Morgan fingerprint density at radius 3 is 2.28 bits per heavy atom. The van der Waals surface area contributed by atoms with Crippen molar-refractivity contribution in [1.29, 1.82) is 0 Å². The van der Waals surface area contributed by atoms with Crippen LogP contribution in [-0.4, -0.2) is 54.2 Å². The number of ether oxygens (including phenoxy) is 1. The second-order valence-corrected chi connectivity index (χ2v) is 9.32. The third-order valence-electron chi connectivity index (χ3n) is 6.94. The van der Waals surface area contributed by atoms with Crippen LogP contribution in [0.2, 0.25) is 0 Å². The first-order valence-corrected chi connectivity index (χ1v) is 10.6. The molecular formula is C21H17F7N6O2. The van der Waals surface area contributed by atoms with Crippen LogP contribution in [0.1, 0.15) is 30.5 Å². The van der Waals surface area contributed by atoms with Gasteiger partial charge in [-0.3, -0.25) is 0 Å². The molecule has 0 aliphatic heterocycles. The summed E-state index contributed by atoms with van der Waals surface area (Å²) in [5.41, 5.74) is -6.22. The number of hydrogen-bond donors (Lipinski definition) is 1. The van der Waals surface area contributed by atoms with Gasteiger partial charge in [-0.15, -0.1) is 10.2 Å². The van der Waals surface area contributed by atoms with Crippen molar-refractivity contribution >= 4 is 0 Å². The molecule has 2 aromatic heterocycles. The summed E-state index contributed by atoms with van der Waals surface area (Å²) in [6, 6.07) is 4.45. The fraction of sp³-hybridized carbons (Fsp3) is 0.476. The summed E-state index contributed by atoms with van der Waals surface area (Å²) in [4.78, 5) is 0. The van der Waals surface area contributed by atoms with Crippen molar-refractivity contribution in [2.24, 2.45) is 5.41 Å². The van der Waals surface area contributed by atoms with E-state index in [9.17, 15) is 27.1 Å². The molecule has 192 valence electrons. The van der Waals surface area contributed by atoms with Gasteiger partial charge >= 0.3 is 6.18 Å². The molecular weight excluding hydrogens is 501 g/mol. The largest absolute Gasteiger partial charge is 0.467 e.